The predicted octanol–water partition coefficient (Wildman–Crippen LogP) is 4.00. The Labute approximate surface area is 209 Å². The first-order valence-corrected chi connectivity index (χ1v) is 11.6. The van der Waals surface area contributed by atoms with E-state index in [1.807, 2.05) is 50.5 Å². The number of hydrogen-bond donors (Lipinski definition) is 4. The molecule has 1 heterocycles. The highest BCUT2D eigenvalue weighted by atomic mass is 16.4. The van der Waals surface area contributed by atoms with Crippen LogP contribution in [0.5, 0.6) is 0 Å². The van der Waals surface area contributed by atoms with Gasteiger partial charge in [-0.05, 0) is 63.0 Å². The van der Waals surface area contributed by atoms with Gasteiger partial charge in [-0.1, -0.05) is 42.5 Å². The maximum atomic E-state index is 13.1. The summed E-state index contributed by atoms with van der Waals surface area (Å²) in [4.78, 5) is 39.2. The van der Waals surface area contributed by atoms with Gasteiger partial charge in [0.15, 0.2) is 0 Å². The maximum Gasteiger partial charge on any atom is 0.335 e. The Balaban J connectivity index is 1.67. The van der Waals surface area contributed by atoms with Crippen LogP contribution in [0, 0.1) is 0 Å². The summed E-state index contributed by atoms with van der Waals surface area (Å²) in [6, 6.07) is 21.0. The van der Waals surface area contributed by atoms with Crippen molar-refractivity contribution in [3.05, 3.63) is 95.1 Å². The summed E-state index contributed by atoms with van der Waals surface area (Å²) >= 11 is 0. The van der Waals surface area contributed by atoms with Crippen molar-refractivity contribution in [1.29, 1.82) is 0 Å². The fraction of sp³-hybridized carbons (Fsp3) is 0.179. The van der Waals surface area contributed by atoms with Crippen LogP contribution in [0.1, 0.15) is 38.3 Å². The van der Waals surface area contributed by atoms with Crippen LogP contribution in [0.3, 0.4) is 0 Å². The van der Waals surface area contributed by atoms with Crippen LogP contribution in [0.4, 0.5) is 11.4 Å². The van der Waals surface area contributed by atoms with E-state index in [1.165, 1.54) is 12.1 Å². The van der Waals surface area contributed by atoms with Crippen LogP contribution in [-0.4, -0.2) is 55.0 Å². The molecule has 184 valence electrons. The van der Waals surface area contributed by atoms with Crippen LogP contribution in [0.2, 0.25) is 0 Å². The molecule has 0 saturated carbocycles. The van der Waals surface area contributed by atoms with Crippen molar-refractivity contribution in [1.82, 2.24) is 10.2 Å². The highest BCUT2D eigenvalue weighted by Gasteiger charge is 2.29. The zero-order valence-electron chi connectivity index (χ0n) is 20.2. The quantitative estimate of drug-likeness (QED) is 0.270. The molecule has 0 aromatic heterocycles. The van der Waals surface area contributed by atoms with Gasteiger partial charge in [-0.25, -0.2) is 4.79 Å². The Morgan fingerprint density at radius 2 is 1.67 bits per heavy atom. The van der Waals surface area contributed by atoms with Crippen LogP contribution in [0.25, 0.3) is 11.3 Å². The fourth-order valence-electron chi connectivity index (χ4n) is 4.02. The molecule has 1 aliphatic heterocycles. The fourth-order valence-corrected chi connectivity index (χ4v) is 4.02. The summed E-state index contributed by atoms with van der Waals surface area (Å²) in [5.74, 6) is -1.58. The lowest BCUT2D eigenvalue weighted by atomic mass is 9.99. The van der Waals surface area contributed by atoms with E-state index in [0.29, 0.717) is 40.3 Å². The number of carbonyl (C=O) groups excluding carboxylic acids is 2. The lowest BCUT2D eigenvalue weighted by molar-refractivity contribution is -0.110. The Kier molecular flexibility index (Phi) is 7.46. The number of hydrogen-bond acceptors (Lipinski definition) is 5. The molecule has 4 N–H and O–H groups in total. The molecule has 1 aliphatic rings. The second-order valence-corrected chi connectivity index (χ2v) is 8.75. The molecule has 36 heavy (non-hydrogen) atoms. The van der Waals surface area contributed by atoms with Crippen molar-refractivity contribution in [3.63, 3.8) is 0 Å². The zero-order valence-corrected chi connectivity index (χ0v) is 20.2. The summed E-state index contributed by atoms with van der Waals surface area (Å²) in [5, 5.41) is 18.4. The Morgan fingerprint density at radius 1 is 0.917 bits per heavy atom. The van der Waals surface area contributed by atoms with Crippen LogP contribution < -0.4 is 16.0 Å². The molecule has 0 bridgehead atoms. The summed E-state index contributed by atoms with van der Waals surface area (Å²) in [6.45, 7) is 1.46. The van der Waals surface area contributed by atoms with E-state index < -0.39 is 5.97 Å². The molecule has 0 fully saturated rings. The van der Waals surface area contributed by atoms with Gasteiger partial charge in [0.05, 0.1) is 22.5 Å². The van der Waals surface area contributed by atoms with Gasteiger partial charge in [0.25, 0.3) is 11.8 Å². The minimum absolute atomic E-state index is 0.0915. The second-order valence-electron chi connectivity index (χ2n) is 8.75. The van der Waals surface area contributed by atoms with Gasteiger partial charge in [0.2, 0.25) is 0 Å². The third kappa shape index (κ3) is 5.61. The molecule has 0 aliphatic carbocycles. The van der Waals surface area contributed by atoms with Crippen molar-refractivity contribution in [2.24, 2.45) is 0 Å². The van der Waals surface area contributed by atoms with E-state index in [4.69, 9.17) is 0 Å². The van der Waals surface area contributed by atoms with E-state index in [0.717, 1.165) is 18.5 Å². The first kappa shape index (κ1) is 24.7. The van der Waals surface area contributed by atoms with Crippen molar-refractivity contribution >= 4 is 40.4 Å². The number of rotatable bonds is 9. The average Bonchev–Trinajstić information content (AvgIpc) is 3.20. The molecule has 0 unspecified atom stereocenters. The number of amides is 2. The summed E-state index contributed by atoms with van der Waals surface area (Å²) in [6.07, 6.45) is 0.846. The van der Waals surface area contributed by atoms with Crippen molar-refractivity contribution < 1.29 is 19.5 Å². The van der Waals surface area contributed by atoms with Crippen LogP contribution in [-0.2, 0) is 4.79 Å². The molecule has 0 atom stereocenters. The molecule has 0 spiro atoms. The number of benzene rings is 3. The number of fused-ring (bicyclic) bond motifs is 1. The second kappa shape index (κ2) is 10.9. The van der Waals surface area contributed by atoms with Gasteiger partial charge in [-0.3, -0.25) is 9.59 Å². The smallest absolute Gasteiger partial charge is 0.335 e. The Morgan fingerprint density at radius 3 is 2.39 bits per heavy atom. The summed E-state index contributed by atoms with van der Waals surface area (Å²) < 4.78 is 0. The van der Waals surface area contributed by atoms with Gasteiger partial charge in [-0.15, -0.1) is 0 Å². The zero-order chi connectivity index (χ0) is 25.7. The lowest BCUT2D eigenvalue weighted by Crippen LogP contribution is -2.27. The molecule has 0 saturated heterocycles. The normalized spacial score (nSPS) is 13.7. The van der Waals surface area contributed by atoms with Gasteiger partial charge < -0.3 is 26.0 Å². The minimum Gasteiger partial charge on any atom is -0.478 e. The first-order valence-electron chi connectivity index (χ1n) is 11.6. The molecule has 3 aromatic carbocycles. The highest BCUT2D eigenvalue weighted by Crippen LogP contribution is 2.38. The molecular formula is C28H28N4O4. The monoisotopic (exact) mass is 484 g/mol. The van der Waals surface area contributed by atoms with Gasteiger partial charge >= 0.3 is 5.97 Å². The SMILES string of the molecule is CN(C)CCCNC(=O)c1cccc(N/C(=C2\C(=O)Nc3cc(C(=O)O)ccc32)c2ccccc2)c1. The number of nitrogens with zero attached hydrogens (tertiary/aromatic N) is 1. The number of anilines is 2. The topological polar surface area (TPSA) is 111 Å². The first-order chi connectivity index (χ1) is 17.3. The van der Waals surface area contributed by atoms with Gasteiger partial charge in [0.1, 0.15) is 0 Å². The number of aromatic carboxylic acids is 1. The number of carboxylic acid groups (broad SMARTS) is 1. The molecule has 0 radical (unpaired) electrons. The van der Waals surface area contributed by atoms with Gasteiger partial charge in [0, 0.05) is 23.4 Å². The standard InChI is InChI=1S/C28H28N4O4/c1-32(2)15-7-14-29-26(33)19-10-6-11-21(16-19)30-25(18-8-4-3-5-9-18)24-22-13-12-20(28(35)36)17-23(22)31-27(24)34/h3-6,8-13,16-17,30H,7,14-15H2,1-2H3,(H,29,33)(H,31,34)(H,35,36)/b25-24-. The van der Waals surface area contributed by atoms with Crippen molar-refractivity contribution in [3.8, 4) is 0 Å². The third-order valence-corrected chi connectivity index (χ3v) is 5.79. The molecule has 8 nitrogen and oxygen atoms in total. The minimum atomic E-state index is -1.07. The van der Waals surface area contributed by atoms with Crippen molar-refractivity contribution in [2.45, 2.75) is 6.42 Å². The van der Waals surface area contributed by atoms with E-state index >= 15 is 0 Å². The predicted molar refractivity (Wildman–Crippen MR) is 141 cm³/mol. The van der Waals surface area contributed by atoms with Gasteiger partial charge in [-0.2, -0.15) is 0 Å². The molecule has 3 aromatic rings. The van der Waals surface area contributed by atoms with Crippen LogP contribution in [0.15, 0.2) is 72.8 Å². The van der Waals surface area contributed by atoms with Crippen LogP contribution >= 0.6 is 0 Å². The lowest BCUT2D eigenvalue weighted by Gasteiger charge is -2.16. The van der Waals surface area contributed by atoms with E-state index in [1.54, 1.807) is 24.3 Å². The molecule has 8 heteroatoms. The third-order valence-electron chi connectivity index (χ3n) is 5.79. The van der Waals surface area contributed by atoms with E-state index in [-0.39, 0.29) is 17.4 Å². The molecule has 2 amide bonds. The average molecular weight is 485 g/mol. The molecule has 4 rings (SSSR count). The van der Waals surface area contributed by atoms with Crippen molar-refractivity contribution in [2.75, 3.05) is 37.8 Å². The number of nitrogens with one attached hydrogen (secondary N) is 3. The number of carbonyl (C=O) groups is 3. The highest BCUT2D eigenvalue weighted by molar-refractivity contribution is 6.37. The Bertz CT molecular complexity index is 1330. The maximum absolute atomic E-state index is 13.1. The Hall–Kier alpha value is -4.43. The summed E-state index contributed by atoms with van der Waals surface area (Å²) in [5.41, 5.74) is 4.01. The van der Waals surface area contributed by atoms with E-state index in [2.05, 4.69) is 20.9 Å². The van der Waals surface area contributed by atoms with E-state index in [9.17, 15) is 19.5 Å². The summed E-state index contributed by atoms with van der Waals surface area (Å²) in [7, 11) is 3.98. The number of carboxylic acids is 1. The largest absolute Gasteiger partial charge is 0.478 e. The molecular weight excluding hydrogens is 456 g/mol.